The molecule has 3 nitrogen and oxygen atoms in total. The van der Waals surface area contributed by atoms with Gasteiger partial charge >= 0.3 is 0 Å². The molecule has 16 heavy (non-hydrogen) atoms. The van der Waals surface area contributed by atoms with Crippen LogP contribution in [-0.4, -0.2) is 9.97 Å². The highest BCUT2D eigenvalue weighted by molar-refractivity contribution is 9.10. The first kappa shape index (κ1) is 11.2. The molecule has 2 rings (SSSR count). The lowest BCUT2D eigenvalue weighted by molar-refractivity contribution is 0.615. The maximum atomic E-state index is 13.3. The highest BCUT2D eigenvalue weighted by Crippen LogP contribution is 2.28. The van der Waals surface area contributed by atoms with Crippen LogP contribution in [0.3, 0.4) is 0 Å². The largest absolute Gasteiger partial charge is 0.320 e. The fourth-order valence-electron chi connectivity index (χ4n) is 1.41. The standard InChI is InChI=1S/C11H9BrFN3/c12-10-8(2-1-3-9(10)13)11(14)7-4-15-6-16-5-7/h1-6,11H,14H2. The predicted molar refractivity (Wildman–Crippen MR) is 62.2 cm³/mol. The fourth-order valence-corrected chi connectivity index (χ4v) is 1.92. The number of nitrogens with zero attached hydrogens (tertiary/aromatic N) is 2. The van der Waals surface area contributed by atoms with Gasteiger partial charge in [-0.3, -0.25) is 0 Å². The predicted octanol–water partition coefficient (Wildman–Crippen LogP) is 2.43. The van der Waals surface area contributed by atoms with Crippen LogP contribution in [0.15, 0.2) is 41.4 Å². The lowest BCUT2D eigenvalue weighted by Gasteiger charge is -2.13. The van der Waals surface area contributed by atoms with Crippen molar-refractivity contribution in [3.8, 4) is 0 Å². The van der Waals surface area contributed by atoms with Crippen molar-refractivity contribution in [1.29, 1.82) is 0 Å². The van der Waals surface area contributed by atoms with Gasteiger partial charge in [-0.15, -0.1) is 0 Å². The smallest absolute Gasteiger partial charge is 0.137 e. The van der Waals surface area contributed by atoms with Crippen LogP contribution in [0.4, 0.5) is 4.39 Å². The molecular weight excluding hydrogens is 273 g/mol. The zero-order chi connectivity index (χ0) is 11.5. The number of benzene rings is 1. The SMILES string of the molecule is NC(c1cncnc1)c1cccc(F)c1Br. The summed E-state index contributed by atoms with van der Waals surface area (Å²) in [5.41, 5.74) is 7.43. The van der Waals surface area contributed by atoms with Crippen molar-refractivity contribution in [3.63, 3.8) is 0 Å². The third kappa shape index (κ3) is 2.10. The summed E-state index contributed by atoms with van der Waals surface area (Å²) in [5, 5.41) is 0. The molecule has 0 spiro atoms. The number of rotatable bonds is 2. The number of hydrogen-bond donors (Lipinski definition) is 1. The molecule has 1 aromatic carbocycles. The number of halogens is 2. The van der Waals surface area contributed by atoms with E-state index in [1.54, 1.807) is 24.5 Å². The Bertz CT molecular complexity index is 490. The minimum absolute atomic E-state index is 0.329. The van der Waals surface area contributed by atoms with Crippen molar-refractivity contribution < 1.29 is 4.39 Å². The monoisotopic (exact) mass is 281 g/mol. The van der Waals surface area contributed by atoms with E-state index in [2.05, 4.69) is 25.9 Å². The third-order valence-electron chi connectivity index (χ3n) is 2.26. The molecule has 0 radical (unpaired) electrons. The molecule has 82 valence electrons. The van der Waals surface area contributed by atoms with Gasteiger partial charge in [-0.25, -0.2) is 14.4 Å². The van der Waals surface area contributed by atoms with Crippen LogP contribution >= 0.6 is 15.9 Å². The molecule has 5 heteroatoms. The molecule has 1 heterocycles. The molecule has 1 unspecified atom stereocenters. The zero-order valence-corrected chi connectivity index (χ0v) is 9.86. The highest BCUT2D eigenvalue weighted by atomic mass is 79.9. The first-order valence-corrected chi connectivity index (χ1v) is 5.44. The van der Waals surface area contributed by atoms with Crippen LogP contribution in [0.2, 0.25) is 0 Å². The number of nitrogens with two attached hydrogens (primary N) is 1. The summed E-state index contributed by atoms with van der Waals surface area (Å²) in [7, 11) is 0. The average Bonchev–Trinajstić information content (AvgIpc) is 2.33. The topological polar surface area (TPSA) is 51.8 Å². The van der Waals surface area contributed by atoms with Crippen LogP contribution in [0.1, 0.15) is 17.2 Å². The minimum atomic E-state index is -0.439. The van der Waals surface area contributed by atoms with Crippen LogP contribution in [0.25, 0.3) is 0 Å². The third-order valence-corrected chi connectivity index (χ3v) is 3.09. The van der Waals surface area contributed by atoms with E-state index in [9.17, 15) is 4.39 Å². The highest BCUT2D eigenvalue weighted by Gasteiger charge is 2.14. The summed E-state index contributed by atoms with van der Waals surface area (Å²) < 4.78 is 13.7. The van der Waals surface area contributed by atoms with Gasteiger partial charge in [0.15, 0.2) is 0 Å². The Balaban J connectivity index is 2.42. The first-order chi connectivity index (χ1) is 7.70. The summed E-state index contributed by atoms with van der Waals surface area (Å²) in [6.45, 7) is 0. The average molecular weight is 282 g/mol. The summed E-state index contributed by atoms with van der Waals surface area (Å²) in [4.78, 5) is 7.77. The summed E-state index contributed by atoms with van der Waals surface area (Å²) >= 11 is 3.18. The van der Waals surface area contributed by atoms with Gasteiger partial charge in [-0.2, -0.15) is 0 Å². The van der Waals surface area contributed by atoms with Crippen LogP contribution in [0.5, 0.6) is 0 Å². The first-order valence-electron chi connectivity index (χ1n) is 4.64. The van der Waals surface area contributed by atoms with E-state index < -0.39 is 6.04 Å². The fraction of sp³-hybridized carbons (Fsp3) is 0.0909. The Morgan fingerprint density at radius 1 is 1.25 bits per heavy atom. The molecular formula is C11H9BrFN3. The van der Waals surface area contributed by atoms with Gasteiger partial charge in [0.05, 0.1) is 10.5 Å². The maximum absolute atomic E-state index is 13.3. The molecule has 0 bridgehead atoms. The Morgan fingerprint density at radius 2 is 1.94 bits per heavy atom. The second-order valence-electron chi connectivity index (χ2n) is 3.29. The Hall–Kier alpha value is -1.33. The Morgan fingerprint density at radius 3 is 2.62 bits per heavy atom. The summed E-state index contributed by atoms with van der Waals surface area (Å²) in [6.07, 6.45) is 4.67. The summed E-state index contributed by atoms with van der Waals surface area (Å²) in [6, 6.07) is 4.33. The molecule has 0 aliphatic rings. The van der Waals surface area contributed by atoms with Gasteiger partial charge in [0, 0.05) is 18.0 Å². The molecule has 2 aromatic rings. The van der Waals surface area contributed by atoms with E-state index in [0.29, 0.717) is 10.0 Å². The van der Waals surface area contributed by atoms with Crippen LogP contribution < -0.4 is 5.73 Å². The molecule has 0 fully saturated rings. The van der Waals surface area contributed by atoms with E-state index in [4.69, 9.17) is 5.73 Å². The quantitative estimate of drug-likeness (QED) is 0.920. The lowest BCUT2D eigenvalue weighted by Crippen LogP contribution is -2.13. The van der Waals surface area contributed by atoms with E-state index >= 15 is 0 Å². The van der Waals surface area contributed by atoms with E-state index in [1.807, 2.05) is 0 Å². The Kier molecular flexibility index (Phi) is 3.26. The molecule has 0 aliphatic heterocycles. The Labute approximate surface area is 101 Å². The van der Waals surface area contributed by atoms with Crippen molar-refractivity contribution in [3.05, 3.63) is 58.3 Å². The van der Waals surface area contributed by atoms with Crippen LogP contribution in [0, 0.1) is 5.82 Å². The molecule has 1 aromatic heterocycles. The van der Waals surface area contributed by atoms with Crippen molar-refractivity contribution in [2.45, 2.75) is 6.04 Å². The van der Waals surface area contributed by atoms with E-state index in [-0.39, 0.29) is 5.82 Å². The van der Waals surface area contributed by atoms with Gasteiger partial charge < -0.3 is 5.73 Å². The van der Waals surface area contributed by atoms with E-state index in [0.717, 1.165) is 5.56 Å². The van der Waals surface area contributed by atoms with Gasteiger partial charge in [-0.1, -0.05) is 12.1 Å². The van der Waals surface area contributed by atoms with Gasteiger partial charge in [-0.05, 0) is 27.6 Å². The molecule has 0 saturated heterocycles. The van der Waals surface area contributed by atoms with Crippen molar-refractivity contribution in [1.82, 2.24) is 9.97 Å². The molecule has 0 amide bonds. The second-order valence-corrected chi connectivity index (χ2v) is 4.09. The molecule has 0 aliphatic carbocycles. The molecule has 1 atom stereocenters. The van der Waals surface area contributed by atoms with Gasteiger partial charge in [0.1, 0.15) is 12.1 Å². The van der Waals surface area contributed by atoms with Crippen molar-refractivity contribution in [2.24, 2.45) is 5.73 Å². The lowest BCUT2D eigenvalue weighted by atomic mass is 10.0. The van der Waals surface area contributed by atoms with E-state index in [1.165, 1.54) is 12.4 Å². The van der Waals surface area contributed by atoms with Crippen molar-refractivity contribution >= 4 is 15.9 Å². The van der Waals surface area contributed by atoms with Crippen molar-refractivity contribution in [2.75, 3.05) is 0 Å². The minimum Gasteiger partial charge on any atom is -0.320 e. The van der Waals surface area contributed by atoms with Gasteiger partial charge in [0.25, 0.3) is 0 Å². The zero-order valence-electron chi connectivity index (χ0n) is 8.27. The maximum Gasteiger partial charge on any atom is 0.137 e. The van der Waals surface area contributed by atoms with Gasteiger partial charge in [0.2, 0.25) is 0 Å². The molecule has 2 N–H and O–H groups in total. The number of hydrogen-bond acceptors (Lipinski definition) is 3. The molecule has 0 saturated carbocycles. The second kappa shape index (κ2) is 4.67. The summed E-state index contributed by atoms with van der Waals surface area (Å²) in [5.74, 6) is -0.329. The normalized spacial score (nSPS) is 12.4. The van der Waals surface area contributed by atoms with Crippen LogP contribution in [-0.2, 0) is 0 Å². The number of aromatic nitrogens is 2.